The molecule has 3 nitrogen and oxygen atoms in total. The third kappa shape index (κ3) is 3.26. The van der Waals surface area contributed by atoms with E-state index in [0.717, 1.165) is 10.2 Å². The Morgan fingerprint density at radius 3 is 2.89 bits per heavy atom. The van der Waals surface area contributed by atoms with E-state index >= 15 is 0 Å². The average Bonchev–Trinajstić information content (AvgIpc) is 2.77. The lowest BCUT2D eigenvalue weighted by molar-refractivity contribution is 0.596. The van der Waals surface area contributed by atoms with Crippen LogP contribution in [0.5, 0.6) is 0 Å². The summed E-state index contributed by atoms with van der Waals surface area (Å²) in [5.41, 5.74) is 0.450. The maximum Gasteiger partial charge on any atom is 0.186 e. The predicted octanol–water partition coefficient (Wildman–Crippen LogP) is 3.66. The summed E-state index contributed by atoms with van der Waals surface area (Å²) in [6.07, 6.45) is 2.81. The number of rotatable bonds is 5. The van der Waals surface area contributed by atoms with Gasteiger partial charge in [-0.1, -0.05) is 6.92 Å². The SMILES string of the molecule is CCc1ncnc(NCCc2ccc(Br)s2)c1F. The molecule has 0 aliphatic rings. The van der Waals surface area contributed by atoms with Crippen LogP contribution in [-0.2, 0) is 12.8 Å². The Labute approximate surface area is 118 Å². The second-order valence-corrected chi connectivity index (χ2v) is 6.27. The molecule has 2 rings (SSSR count). The zero-order valence-corrected chi connectivity index (χ0v) is 12.3. The molecule has 0 fully saturated rings. The number of hydrogen-bond donors (Lipinski definition) is 1. The Kier molecular flexibility index (Phi) is 4.66. The van der Waals surface area contributed by atoms with Crippen LogP contribution in [-0.4, -0.2) is 16.5 Å². The summed E-state index contributed by atoms with van der Waals surface area (Å²) in [7, 11) is 0. The van der Waals surface area contributed by atoms with Gasteiger partial charge in [-0.15, -0.1) is 11.3 Å². The second-order valence-electron chi connectivity index (χ2n) is 3.72. The summed E-state index contributed by atoms with van der Waals surface area (Å²) in [5.74, 6) is -0.0511. The molecule has 0 bridgehead atoms. The van der Waals surface area contributed by atoms with Gasteiger partial charge in [0, 0.05) is 11.4 Å². The first-order valence-electron chi connectivity index (χ1n) is 5.68. The number of aryl methyl sites for hydroxylation is 1. The van der Waals surface area contributed by atoms with Gasteiger partial charge in [-0.25, -0.2) is 14.4 Å². The lowest BCUT2D eigenvalue weighted by Crippen LogP contribution is -2.09. The van der Waals surface area contributed by atoms with Crippen molar-refractivity contribution >= 4 is 33.1 Å². The van der Waals surface area contributed by atoms with Crippen LogP contribution in [0.1, 0.15) is 17.5 Å². The number of anilines is 1. The van der Waals surface area contributed by atoms with Crippen molar-refractivity contribution in [2.75, 3.05) is 11.9 Å². The van der Waals surface area contributed by atoms with Gasteiger partial charge < -0.3 is 5.32 Å². The Morgan fingerprint density at radius 2 is 2.22 bits per heavy atom. The molecule has 0 unspecified atom stereocenters. The van der Waals surface area contributed by atoms with E-state index in [-0.39, 0.29) is 11.6 Å². The maximum absolute atomic E-state index is 13.8. The molecule has 0 saturated heterocycles. The highest BCUT2D eigenvalue weighted by molar-refractivity contribution is 9.11. The molecule has 96 valence electrons. The summed E-state index contributed by atoms with van der Waals surface area (Å²) in [5, 5.41) is 3.01. The van der Waals surface area contributed by atoms with Gasteiger partial charge in [0.05, 0.1) is 9.48 Å². The van der Waals surface area contributed by atoms with Crippen LogP contribution >= 0.6 is 27.3 Å². The number of nitrogens with zero attached hydrogens (tertiary/aromatic N) is 2. The van der Waals surface area contributed by atoms with Crippen molar-refractivity contribution in [3.8, 4) is 0 Å². The minimum Gasteiger partial charge on any atom is -0.367 e. The van der Waals surface area contributed by atoms with Gasteiger partial charge in [0.25, 0.3) is 0 Å². The predicted molar refractivity (Wildman–Crippen MR) is 75.6 cm³/mol. The second kappa shape index (κ2) is 6.24. The molecule has 2 aromatic heterocycles. The lowest BCUT2D eigenvalue weighted by atomic mass is 10.3. The molecule has 6 heteroatoms. The fourth-order valence-electron chi connectivity index (χ4n) is 1.57. The molecule has 0 aliphatic heterocycles. The minimum absolute atomic E-state index is 0.289. The van der Waals surface area contributed by atoms with Gasteiger partial charge in [0.15, 0.2) is 11.6 Å². The fraction of sp³-hybridized carbons (Fsp3) is 0.333. The number of aromatic nitrogens is 2. The Hall–Kier alpha value is -1.01. The van der Waals surface area contributed by atoms with Crippen LogP contribution in [0.2, 0.25) is 0 Å². The van der Waals surface area contributed by atoms with E-state index in [1.807, 2.05) is 13.0 Å². The van der Waals surface area contributed by atoms with Gasteiger partial charge in [-0.3, -0.25) is 0 Å². The van der Waals surface area contributed by atoms with E-state index in [1.165, 1.54) is 11.2 Å². The van der Waals surface area contributed by atoms with Gasteiger partial charge in [-0.2, -0.15) is 0 Å². The summed E-state index contributed by atoms with van der Waals surface area (Å²) in [4.78, 5) is 9.07. The van der Waals surface area contributed by atoms with E-state index in [0.29, 0.717) is 18.7 Å². The lowest BCUT2D eigenvalue weighted by Gasteiger charge is -2.07. The normalized spacial score (nSPS) is 10.6. The highest BCUT2D eigenvalue weighted by atomic mass is 79.9. The first-order valence-corrected chi connectivity index (χ1v) is 7.29. The number of nitrogens with one attached hydrogen (secondary N) is 1. The zero-order valence-electron chi connectivity index (χ0n) is 9.91. The van der Waals surface area contributed by atoms with Gasteiger partial charge in [0.2, 0.25) is 0 Å². The molecule has 0 aliphatic carbocycles. The molecule has 0 spiro atoms. The molecular weight excluding hydrogens is 317 g/mol. The number of thiophene rings is 1. The van der Waals surface area contributed by atoms with E-state index in [9.17, 15) is 4.39 Å². The molecule has 0 atom stereocenters. The molecule has 2 aromatic rings. The quantitative estimate of drug-likeness (QED) is 0.909. The Morgan fingerprint density at radius 1 is 1.39 bits per heavy atom. The monoisotopic (exact) mass is 329 g/mol. The van der Waals surface area contributed by atoms with Crippen LogP contribution in [0, 0.1) is 5.82 Å². The maximum atomic E-state index is 13.8. The van der Waals surface area contributed by atoms with Crippen molar-refractivity contribution in [1.29, 1.82) is 0 Å². The molecule has 0 amide bonds. The van der Waals surface area contributed by atoms with Crippen molar-refractivity contribution in [2.24, 2.45) is 0 Å². The first kappa shape index (κ1) is 13.4. The highest BCUT2D eigenvalue weighted by Crippen LogP contribution is 2.22. The van der Waals surface area contributed by atoms with E-state index in [4.69, 9.17) is 0 Å². The minimum atomic E-state index is -0.340. The topological polar surface area (TPSA) is 37.8 Å². The largest absolute Gasteiger partial charge is 0.367 e. The van der Waals surface area contributed by atoms with Crippen molar-refractivity contribution in [1.82, 2.24) is 9.97 Å². The Balaban J connectivity index is 1.94. The van der Waals surface area contributed by atoms with Crippen LogP contribution < -0.4 is 5.32 Å². The number of halogens is 2. The van der Waals surface area contributed by atoms with Crippen LogP contribution in [0.4, 0.5) is 10.2 Å². The zero-order chi connectivity index (χ0) is 13.0. The van der Waals surface area contributed by atoms with Gasteiger partial charge >= 0.3 is 0 Å². The third-order valence-electron chi connectivity index (χ3n) is 2.49. The van der Waals surface area contributed by atoms with Gasteiger partial charge in [-0.05, 0) is 40.9 Å². The Bertz CT molecular complexity index is 530. The van der Waals surface area contributed by atoms with E-state index in [2.05, 4.69) is 37.3 Å². The van der Waals surface area contributed by atoms with Crippen molar-refractivity contribution in [3.05, 3.63) is 38.6 Å². The van der Waals surface area contributed by atoms with Crippen LogP contribution in [0.3, 0.4) is 0 Å². The van der Waals surface area contributed by atoms with E-state index < -0.39 is 0 Å². The van der Waals surface area contributed by atoms with Crippen LogP contribution in [0.25, 0.3) is 0 Å². The molecule has 18 heavy (non-hydrogen) atoms. The van der Waals surface area contributed by atoms with Crippen LogP contribution in [0.15, 0.2) is 22.2 Å². The fourth-order valence-corrected chi connectivity index (χ4v) is 3.05. The van der Waals surface area contributed by atoms with Crippen molar-refractivity contribution < 1.29 is 4.39 Å². The molecule has 0 radical (unpaired) electrons. The molecule has 1 N–H and O–H groups in total. The summed E-state index contributed by atoms with van der Waals surface area (Å²) in [6.45, 7) is 2.53. The summed E-state index contributed by atoms with van der Waals surface area (Å²) < 4.78 is 14.9. The molecule has 2 heterocycles. The number of hydrogen-bond acceptors (Lipinski definition) is 4. The molecular formula is C12H13BrFN3S. The molecule has 0 aromatic carbocycles. The van der Waals surface area contributed by atoms with Gasteiger partial charge in [0.1, 0.15) is 6.33 Å². The van der Waals surface area contributed by atoms with Crippen molar-refractivity contribution in [2.45, 2.75) is 19.8 Å². The smallest absolute Gasteiger partial charge is 0.186 e. The average molecular weight is 330 g/mol. The standard InChI is InChI=1S/C12H13BrFN3S/c1-2-9-11(14)12(17-7-16-9)15-6-5-8-3-4-10(13)18-8/h3-4,7H,2,5-6H2,1H3,(H,15,16,17). The molecule has 0 saturated carbocycles. The van der Waals surface area contributed by atoms with E-state index in [1.54, 1.807) is 11.3 Å². The highest BCUT2D eigenvalue weighted by Gasteiger charge is 2.08. The first-order chi connectivity index (χ1) is 8.70. The summed E-state index contributed by atoms with van der Waals surface area (Å²) in [6, 6.07) is 4.07. The van der Waals surface area contributed by atoms with Crippen molar-refractivity contribution in [3.63, 3.8) is 0 Å². The summed E-state index contributed by atoms with van der Waals surface area (Å²) >= 11 is 5.10. The third-order valence-corrected chi connectivity index (χ3v) is 4.17.